The van der Waals surface area contributed by atoms with Crippen molar-refractivity contribution in [1.82, 2.24) is 14.7 Å². The third kappa shape index (κ3) is 2.95. The van der Waals surface area contributed by atoms with Crippen molar-refractivity contribution in [3.05, 3.63) is 48.3 Å². The van der Waals surface area contributed by atoms with E-state index < -0.39 is 11.9 Å². The fourth-order valence-electron chi connectivity index (χ4n) is 2.81. The van der Waals surface area contributed by atoms with Gasteiger partial charge in [-0.2, -0.15) is 5.10 Å². The number of amides is 2. The minimum atomic E-state index is -0.627. The molecule has 0 unspecified atom stereocenters. The van der Waals surface area contributed by atoms with Gasteiger partial charge in [0.25, 0.3) is 5.91 Å². The van der Waals surface area contributed by atoms with Gasteiger partial charge in [0.1, 0.15) is 6.04 Å². The van der Waals surface area contributed by atoms with Crippen LogP contribution in [0.1, 0.15) is 16.8 Å². The molecule has 1 fully saturated rings. The van der Waals surface area contributed by atoms with E-state index in [1.54, 1.807) is 30.1 Å². The highest BCUT2D eigenvalue weighted by atomic mass is 16.5. The fourth-order valence-corrected chi connectivity index (χ4v) is 2.81. The van der Waals surface area contributed by atoms with Crippen LogP contribution in [-0.4, -0.2) is 52.3 Å². The van der Waals surface area contributed by atoms with Crippen LogP contribution in [0.2, 0.25) is 0 Å². The van der Waals surface area contributed by atoms with E-state index in [1.807, 2.05) is 24.4 Å². The van der Waals surface area contributed by atoms with E-state index in [9.17, 15) is 9.59 Å². The summed E-state index contributed by atoms with van der Waals surface area (Å²) in [6.45, 7) is 0.365. The topological polar surface area (TPSA) is 90.5 Å². The summed E-state index contributed by atoms with van der Waals surface area (Å²) in [6, 6.07) is 8.26. The van der Waals surface area contributed by atoms with Crippen LogP contribution < -0.4 is 5.73 Å². The van der Waals surface area contributed by atoms with Crippen molar-refractivity contribution in [1.29, 1.82) is 0 Å². The van der Waals surface area contributed by atoms with Crippen LogP contribution in [0, 0.1) is 0 Å². The van der Waals surface area contributed by atoms with Gasteiger partial charge in [-0.1, -0.05) is 0 Å². The van der Waals surface area contributed by atoms with Gasteiger partial charge in [0.2, 0.25) is 5.91 Å². The maximum absolute atomic E-state index is 12.7. The van der Waals surface area contributed by atoms with Gasteiger partial charge in [-0.3, -0.25) is 9.59 Å². The number of likely N-dealkylation sites (tertiary alicyclic amines) is 1. The van der Waals surface area contributed by atoms with Crippen LogP contribution in [0.3, 0.4) is 0 Å². The van der Waals surface area contributed by atoms with E-state index in [0.717, 1.165) is 5.69 Å². The summed E-state index contributed by atoms with van der Waals surface area (Å²) in [7, 11) is 1.57. The highest BCUT2D eigenvalue weighted by molar-refractivity contribution is 5.97. The molecule has 2 aromatic rings. The van der Waals surface area contributed by atoms with Gasteiger partial charge in [-0.15, -0.1) is 0 Å². The first kappa shape index (κ1) is 15.2. The van der Waals surface area contributed by atoms with E-state index in [0.29, 0.717) is 18.5 Å². The maximum atomic E-state index is 12.7. The average molecular weight is 314 g/mol. The molecule has 0 bridgehead atoms. The lowest BCUT2D eigenvalue weighted by molar-refractivity contribution is -0.121. The molecule has 7 heteroatoms. The van der Waals surface area contributed by atoms with Crippen LogP contribution in [0.4, 0.5) is 0 Å². The average Bonchev–Trinajstić information content (AvgIpc) is 3.23. The molecule has 0 saturated carbocycles. The lowest BCUT2D eigenvalue weighted by Gasteiger charge is -2.22. The third-order valence-corrected chi connectivity index (χ3v) is 4.07. The number of nitrogens with zero attached hydrogens (tertiary/aromatic N) is 3. The second-order valence-corrected chi connectivity index (χ2v) is 5.47. The molecule has 1 aliphatic rings. The first-order chi connectivity index (χ1) is 11.1. The summed E-state index contributed by atoms with van der Waals surface area (Å²) >= 11 is 0. The number of carbonyl (C=O) groups excluding carboxylic acids is 2. The smallest absolute Gasteiger partial charge is 0.254 e. The summed E-state index contributed by atoms with van der Waals surface area (Å²) in [6.07, 6.45) is 3.78. The Morgan fingerprint density at radius 3 is 2.61 bits per heavy atom. The van der Waals surface area contributed by atoms with E-state index in [2.05, 4.69) is 5.10 Å². The fraction of sp³-hybridized carbons (Fsp3) is 0.312. The van der Waals surface area contributed by atoms with Crippen molar-refractivity contribution in [2.75, 3.05) is 13.7 Å². The van der Waals surface area contributed by atoms with E-state index in [1.165, 1.54) is 4.90 Å². The number of primary amides is 1. The summed E-state index contributed by atoms with van der Waals surface area (Å²) < 4.78 is 6.97. The molecule has 2 amide bonds. The standard InChI is InChI=1S/C16H18N4O3/c1-23-13-9-14(15(17)21)19(10-13)16(22)11-3-5-12(6-4-11)20-8-2-7-18-20/h2-8,13-14H,9-10H2,1H3,(H2,17,21)/t13-,14-/m0/s1. The Hall–Kier alpha value is -2.67. The van der Waals surface area contributed by atoms with Crippen LogP contribution in [-0.2, 0) is 9.53 Å². The van der Waals surface area contributed by atoms with Crippen molar-refractivity contribution < 1.29 is 14.3 Å². The highest BCUT2D eigenvalue weighted by Crippen LogP contribution is 2.22. The van der Waals surface area contributed by atoms with Gasteiger partial charge in [-0.25, -0.2) is 4.68 Å². The van der Waals surface area contributed by atoms with Crippen molar-refractivity contribution in [2.24, 2.45) is 5.73 Å². The van der Waals surface area contributed by atoms with Gasteiger partial charge >= 0.3 is 0 Å². The number of hydrogen-bond donors (Lipinski definition) is 1. The Labute approximate surface area is 133 Å². The molecule has 1 aliphatic heterocycles. The zero-order valence-corrected chi connectivity index (χ0v) is 12.8. The van der Waals surface area contributed by atoms with Crippen molar-refractivity contribution >= 4 is 11.8 Å². The summed E-state index contributed by atoms with van der Waals surface area (Å²) in [5, 5.41) is 4.14. The minimum Gasteiger partial charge on any atom is -0.380 e. The van der Waals surface area contributed by atoms with E-state index >= 15 is 0 Å². The van der Waals surface area contributed by atoms with Crippen LogP contribution in [0.15, 0.2) is 42.7 Å². The largest absolute Gasteiger partial charge is 0.380 e. The van der Waals surface area contributed by atoms with Gasteiger partial charge in [0.15, 0.2) is 0 Å². The Morgan fingerprint density at radius 1 is 1.30 bits per heavy atom. The van der Waals surface area contributed by atoms with Crippen LogP contribution >= 0.6 is 0 Å². The lowest BCUT2D eigenvalue weighted by atomic mass is 10.1. The molecule has 7 nitrogen and oxygen atoms in total. The minimum absolute atomic E-state index is 0.167. The maximum Gasteiger partial charge on any atom is 0.254 e. The van der Waals surface area contributed by atoms with Gasteiger partial charge in [0, 0.05) is 38.0 Å². The number of benzene rings is 1. The van der Waals surface area contributed by atoms with Gasteiger partial charge < -0.3 is 15.4 Å². The third-order valence-electron chi connectivity index (χ3n) is 4.07. The monoisotopic (exact) mass is 314 g/mol. The molecule has 2 heterocycles. The Bertz CT molecular complexity index is 697. The van der Waals surface area contributed by atoms with Crippen molar-refractivity contribution in [3.63, 3.8) is 0 Å². The summed E-state index contributed by atoms with van der Waals surface area (Å²) in [5.74, 6) is -0.730. The van der Waals surface area contributed by atoms with Crippen molar-refractivity contribution in [3.8, 4) is 5.69 Å². The molecule has 2 N–H and O–H groups in total. The molecule has 0 radical (unpaired) electrons. The quantitative estimate of drug-likeness (QED) is 0.894. The first-order valence-corrected chi connectivity index (χ1v) is 7.33. The van der Waals surface area contributed by atoms with Gasteiger partial charge in [-0.05, 0) is 30.3 Å². The highest BCUT2D eigenvalue weighted by Gasteiger charge is 2.38. The van der Waals surface area contributed by atoms with Crippen LogP contribution in [0.25, 0.3) is 5.69 Å². The molecule has 0 spiro atoms. The number of carbonyl (C=O) groups is 2. The number of ether oxygens (including phenoxy) is 1. The van der Waals surface area contributed by atoms with E-state index in [4.69, 9.17) is 10.5 Å². The SMILES string of the molecule is CO[C@H]1C[C@@H](C(N)=O)N(C(=O)c2ccc(-n3cccn3)cc2)C1. The molecule has 2 atom stereocenters. The number of hydrogen-bond acceptors (Lipinski definition) is 4. The molecule has 0 aliphatic carbocycles. The second kappa shape index (κ2) is 6.21. The molecule has 120 valence electrons. The second-order valence-electron chi connectivity index (χ2n) is 5.47. The first-order valence-electron chi connectivity index (χ1n) is 7.33. The molecule has 1 aromatic carbocycles. The molecule has 3 rings (SSSR count). The van der Waals surface area contributed by atoms with E-state index in [-0.39, 0.29) is 12.0 Å². The van der Waals surface area contributed by atoms with Crippen LogP contribution in [0.5, 0.6) is 0 Å². The Kier molecular flexibility index (Phi) is 4.12. The number of aromatic nitrogens is 2. The predicted octanol–water partition coefficient (Wildman–Crippen LogP) is 0.587. The zero-order chi connectivity index (χ0) is 16.4. The number of methoxy groups -OCH3 is 1. The zero-order valence-electron chi connectivity index (χ0n) is 12.8. The van der Waals surface area contributed by atoms with Crippen molar-refractivity contribution in [2.45, 2.75) is 18.6 Å². The number of nitrogens with two attached hydrogens (primary N) is 1. The van der Waals surface area contributed by atoms with Gasteiger partial charge in [0.05, 0.1) is 11.8 Å². The molecular formula is C16H18N4O3. The molecular weight excluding hydrogens is 296 g/mol. The molecule has 1 aromatic heterocycles. The summed E-state index contributed by atoms with van der Waals surface area (Å²) in [5.41, 5.74) is 6.77. The predicted molar refractivity (Wildman–Crippen MR) is 83.0 cm³/mol. The molecule has 1 saturated heterocycles. The Morgan fingerprint density at radius 2 is 2.04 bits per heavy atom. The normalized spacial score (nSPS) is 20.7. The summed E-state index contributed by atoms with van der Waals surface area (Å²) in [4.78, 5) is 25.7. The molecule has 23 heavy (non-hydrogen) atoms. The Balaban J connectivity index is 1.80. The lowest BCUT2D eigenvalue weighted by Crippen LogP contribution is -2.43. The number of rotatable bonds is 4.